The summed E-state index contributed by atoms with van der Waals surface area (Å²) in [6.45, 7) is 15.0. The van der Waals surface area contributed by atoms with E-state index in [2.05, 4.69) is 50.9 Å². The Morgan fingerprint density at radius 1 is 1.45 bits per heavy atom. The summed E-state index contributed by atoms with van der Waals surface area (Å²) in [5, 5.41) is 3.50. The maximum absolute atomic E-state index is 5.71. The predicted octanol–water partition coefficient (Wildman–Crippen LogP) is 3.16. The third-order valence-electron chi connectivity index (χ3n) is 3.87. The molecule has 1 aromatic heterocycles. The molecule has 0 radical (unpaired) electrons. The number of nitrogens with one attached hydrogen (secondary N) is 1. The van der Waals surface area contributed by atoms with Crippen molar-refractivity contribution < 1.29 is 4.74 Å². The Bertz CT molecular complexity index is 430. The summed E-state index contributed by atoms with van der Waals surface area (Å²) in [5.74, 6) is 0. The van der Waals surface area contributed by atoms with Gasteiger partial charge in [-0.2, -0.15) is 0 Å². The van der Waals surface area contributed by atoms with E-state index in [-0.39, 0.29) is 0 Å². The average molecular weight is 296 g/mol. The highest BCUT2D eigenvalue weighted by Crippen LogP contribution is 2.25. The standard InChI is InChI=1S/C16H28N2OS/c1-11(2)17-7-16-6-15(14(5)20-16)9-18-8-13(4)19-10-12(18)3/h6,11-13,17H,7-10H2,1-5H3. The van der Waals surface area contributed by atoms with Gasteiger partial charge in [-0.05, 0) is 32.4 Å². The zero-order chi connectivity index (χ0) is 14.7. The van der Waals surface area contributed by atoms with Gasteiger partial charge in [0.25, 0.3) is 0 Å². The number of rotatable bonds is 5. The number of hydrogen-bond donors (Lipinski definition) is 1. The van der Waals surface area contributed by atoms with E-state index in [0.29, 0.717) is 18.2 Å². The van der Waals surface area contributed by atoms with E-state index >= 15 is 0 Å². The summed E-state index contributed by atoms with van der Waals surface area (Å²) in [6, 6.07) is 3.44. The Kier molecular flexibility index (Phi) is 5.61. The molecule has 2 rings (SSSR count). The van der Waals surface area contributed by atoms with E-state index in [0.717, 1.165) is 26.2 Å². The fraction of sp³-hybridized carbons (Fsp3) is 0.750. The van der Waals surface area contributed by atoms with Crippen LogP contribution in [0.3, 0.4) is 0 Å². The van der Waals surface area contributed by atoms with Crippen molar-refractivity contribution in [3.05, 3.63) is 21.4 Å². The van der Waals surface area contributed by atoms with Gasteiger partial charge in [0.15, 0.2) is 0 Å². The van der Waals surface area contributed by atoms with Crippen LogP contribution in [0.1, 0.15) is 43.0 Å². The lowest BCUT2D eigenvalue weighted by Crippen LogP contribution is -2.46. The first-order chi connectivity index (χ1) is 9.45. The second kappa shape index (κ2) is 7.03. The molecule has 1 N–H and O–H groups in total. The number of aryl methyl sites for hydroxylation is 1. The zero-order valence-electron chi connectivity index (χ0n) is 13.4. The van der Waals surface area contributed by atoms with Gasteiger partial charge < -0.3 is 10.1 Å². The molecule has 1 fully saturated rings. The van der Waals surface area contributed by atoms with Crippen LogP contribution in [0.25, 0.3) is 0 Å². The molecule has 20 heavy (non-hydrogen) atoms. The third-order valence-corrected chi connectivity index (χ3v) is 4.96. The Morgan fingerprint density at radius 3 is 2.90 bits per heavy atom. The monoisotopic (exact) mass is 296 g/mol. The van der Waals surface area contributed by atoms with Gasteiger partial charge in [0.2, 0.25) is 0 Å². The van der Waals surface area contributed by atoms with Crippen LogP contribution >= 0.6 is 11.3 Å². The van der Waals surface area contributed by atoms with Crippen LogP contribution in [-0.2, 0) is 17.8 Å². The molecular formula is C16H28N2OS. The lowest BCUT2D eigenvalue weighted by atomic mass is 10.1. The molecule has 4 heteroatoms. The topological polar surface area (TPSA) is 24.5 Å². The second-order valence-corrected chi connectivity index (χ2v) is 7.59. The largest absolute Gasteiger partial charge is 0.376 e. The smallest absolute Gasteiger partial charge is 0.0674 e. The van der Waals surface area contributed by atoms with Crippen LogP contribution in [0.2, 0.25) is 0 Å². The van der Waals surface area contributed by atoms with Crippen molar-refractivity contribution in [2.75, 3.05) is 13.2 Å². The predicted molar refractivity (Wildman–Crippen MR) is 86.3 cm³/mol. The van der Waals surface area contributed by atoms with Crippen LogP contribution in [-0.4, -0.2) is 36.2 Å². The minimum absolute atomic E-state index is 0.354. The van der Waals surface area contributed by atoms with E-state index in [1.54, 1.807) is 0 Å². The van der Waals surface area contributed by atoms with Gasteiger partial charge in [-0.1, -0.05) is 13.8 Å². The highest BCUT2D eigenvalue weighted by molar-refractivity contribution is 7.12. The second-order valence-electron chi connectivity index (χ2n) is 6.25. The molecule has 0 aromatic carbocycles. The summed E-state index contributed by atoms with van der Waals surface area (Å²) in [5.41, 5.74) is 1.48. The highest BCUT2D eigenvalue weighted by Gasteiger charge is 2.24. The Hall–Kier alpha value is -0.420. The first-order valence-electron chi connectivity index (χ1n) is 7.63. The van der Waals surface area contributed by atoms with Crippen molar-refractivity contribution in [2.45, 2.75) is 65.9 Å². The summed E-state index contributed by atoms with van der Waals surface area (Å²) >= 11 is 1.93. The molecule has 1 aromatic rings. The van der Waals surface area contributed by atoms with Gasteiger partial charge in [0.1, 0.15) is 0 Å². The molecule has 1 saturated heterocycles. The number of ether oxygens (including phenoxy) is 1. The van der Waals surface area contributed by atoms with Crippen molar-refractivity contribution in [2.24, 2.45) is 0 Å². The molecule has 2 unspecified atom stereocenters. The van der Waals surface area contributed by atoms with Crippen molar-refractivity contribution in [1.82, 2.24) is 10.2 Å². The Balaban J connectivity index is 1.98. The van der Waals surface area contributed by atoms with Crippen LogP contribution in [0.4, 0.5) is 0 Å². The quantitative estimate of drug-likeness (QED) is 0.903. The van der Waals surface area contributed by atoms with Crippen LogP contribution < -0.4 is 5.32 Å². The van der Waals surface area contributed by atoms with Crippen molar-refractivity contribution in [3.8, 4) is 0 Å². The van der Waals surface area contributed by atoms with Gasteiger partial charge in [-0.25, -0.2) is 0 Å². The van der Waals surface area contributed by atoms with Crippen molar-refractivity contribution in [3.63, 3.8) is 0 Å². The van der Waals surface area contributed by atoms with E-state index in [1.165, 1.54) is 15.3 Å². The Morgan fingerprint density at radius 2 is 2.20 bits per heavy atom. The molecule has 2 heterocycles. The summed E-state index contributed by atoms with van der Waals surface area (Å²) in [4.78, 5) is 5.44. The minimum atomic E-state index is 0.354. The van der Waals surface area contributed by atoms with Gasteiger partial charge in [-0.3, -0.25) is 4.90 Å². The van der Waals surface area contributed by atoms with Crippen LogP contribution in [0.15, 0.2) is 6.07 Å². The molecule has 0 amide bonds. The van der Waals surface area contributed by atoms with Crippen molar-refractivity contribution in [1.29, 1.82) is 0 Å². The highest BCUT2D eigenvalue weighted by atomic mass is 32.1. The fourth-order valence-corrected chi connectivity index (χ4v) is 3.55. The summed E-state index contributed by atoms with van der Waals surface area (Å²) in [7, 11) is 0. The number of nitrogens with zero attached hydrogens (tertiary/aromatic N) is 1. The molecule has 2 atom stereocenters. The van der Waals surface area contributed by atoms with E-state index in [4.69, 9.17) is 4.74 Å². The maximum atomic E-state index is 5.71. The SMILES string of the molecule is Cc1sc(CNC(C)C)cc1CN1CC(C)OCC1C. The molecule has 1 aliphatic heterocycles. The normalized spacial score (nSPS) is 24.5. The molecule has 3 nitrogen and oxygen atoms in total. The lowest BCUT2D eigenvalue weighted by Gasteiger charge is -2.36. The molecule has 0 bridgehead atoms. The Labute approximate surface area is 127 Å². The molecule has 0 spiro atoms. The van der Waals surface area contributed by atoms with Crippen LogP contribution in [0, 0.1) is 6.92 Å². The average Bonchev–Trinajstić information content (AvgIpc) is 2.72. The summed E-state index contributed by atoms with van der Waals surface area (Å²) in [6.07, 6.45) is 0.354. The first-order valence-corrected chi connectivity index (χ1v) is 8.44. The fourth-order valence-electron chi connectivity index (χ4n) is 2.55. The summed E-state index contributed by atoms with van der Waals surface area (Å²) < 4.78 is 5.71. The van der Waals surface area contributed by atoms with Crippen LogP contribution in [0.5, 0.6) is 0 Å². The van der Waals surface area contributed by atoms with E-state index < -0.39 is 0 Å². The molecule has 0 aliphatic carbocycles. The van der Waals surface area contributed by atoms with E-state index in [1.807, 2.05) is 11.3 Å². The zero-order valence-corrected chi connectivity index (χ0v) is 14.2. The molecular weight excluding hydrogens is 268 g/mol. The number of morpholine rings is 1. The van der Waals surface area contributed by atoms with Gasteiger partial charge >= 0.3 is 0 Å². The molecule has 0 saturated carbocycles. The molecule has 1 aliphatic rings. The maximum Gasteiger partial charge on any atom is 0.0674 e. The van der Waals surface area contributed by atoms with Gasteiger partial charge in [-0.15, -0.1) is 11.3 Å². The van der Waals surface area contributed by atoms with Gasteiger partial charge in [0, 0.05) is 41.5 Å². The lowest BCUT2D eigenvalue weighted by molar-refractivity contribution is -0.0526. The number of thiophene rings is 1. The van der Waals surface area contributed by atoms with Gasteiger partial charge in [0.05, 0.1) is 12.7 Å². The molecule has 114 valence electrons. The third kappa shape index (κ3) is 4.29. The van der Waals surface area contributed by atoms with Crippen molar-refractivity contribution >= 4 is 11.3 Å². The first kappa shape index (κ1) is 16.0. The minimum Gasteiger partial charge on any atom is -0.376 e. The number of hydrogen-bond acceptors (Lipinski definition) is 4. The van der Waals surface area contributed by atoms with E-state index in [9.17, 15) is 0 Å².